The van der Waals surface area contributed by atoms with Crippen LogP contribution >= 0.6 is 0 Å². The fraction of sp³-hybridized carbons (Fsp3) is 1.00. The van der Waals surface area contributed by atoms with Crippen LogP contribution in [0.1, 0.15) is 54.4 Å². The van der Waals surface area contributed by atoms with E-state index in [-0.39, 0.29) is 0 Å². The number of likely N-dealkylation sites (tertiary alicyclic amines) is 1. The SMILES string of the molecule is CC(C)(C)N1CCC(N2CCOCC2)CC1.CC(C)(C)N1CCOCC1. The molecule has 0 aliphatic carbocycles. The Balaban J connectivity index is 0.000000209. The van der Waals surface area contributed by atoms with E-state index in [1.807, 2.05) is 0 Å². The Labute approximate surface area is 162 Å². The van der Waals surface area contributed by atoms with Crippen LogP contribution in [0.2, 0.25) is 0 Å². The van der Waals surface area contributed by atoms with E-state index in [1.54, 1.807) is 0 Å². The summed E-state index contributed by atoms with van der Waals surface area (Å²) in [6, 6.07) is 0.808. The maximum Gasteiger partial charge on any atom is 0.0594 e. The normalized spacial score (nSPS) is 25.6. The first-order valence-corrected chi connectivity index (χ1v) is 10.6. The first-order chi connectivity index (χ1) is 12.2. The number of morpholine rings is 2. The van der Waals surface area contributed by atoms with Crippen molar-refractivity contribution in [3.05, 3.63) is 0 Å². The largest absolute Gasteiger partial charge is 0.379 e. The standard InChI is InChI=1S/C13H26N2O.C8H17NO/c1-13(2,3)15-6-4-12(5-7-15)14-8-10-16-11-9-14;1-8(2,3)9-4-6-10-7-5-9/h12H,4-11H2,1-3H3;4-7H2,1-3H3. The molecule has 0 aromatic rings. The van der Waals surface area contributed by atoms with Crippen molar-refractivity contribution in [2.75, 3.05) is 65.7 Å². The van der Waals surface area contributed by atoms with E-state index >= 15 is 0 Å². The van der Waals surface area contributed by atoms with Gasteiger partial charge in [0.1, 0.15) is 0 Å². The van der Waals surface area contributed by atoms with Crippen molar-refractivity contribution in [1.29, 1.82) is 0 Å². The molecule has 3 rings (SSSR count). The van der Waals surface area contributed by atoms with E-state index in [4.69, 9.17) is 9.47 Å². The van der Waals surface area contributed by atoms with Gasteiger partial charge in [-0.25, -0.2) is 0 Å². The zero-order valence-corrected chi connectivity index (χ0v) is 18.2. The molecule has 0 spiro atoms. The molecule has 0 atom stereocenters. The second kappa shape index (κ2) is 9.83. The molecule has 154 valence electrons. The molecule has 3 fully saturated rings. The molecule has 0 aromatic heterocycles. The molecule has 0 N–H and O–H groups in total. The second-order valence-corrected chi connectivity index (χ2v) is 9.81. The van der Waals surface area contributed by atoms with Crippen LogP contribution in [0.5, 0.6) is 0 Å². The summed E-state index contributed by atoms with van der Waals surface area (Å²) in [6.07, 6.45) is 2.66. The molecule has 0 aromatic carbocycles. The van der Waals surface area contributed by atoms with Crippen molar-refractivity contribution in [3.8, 4) is 0 Å². The monoisotopic (exact) mass is 369 g/mol. The zero-order chi connectivity index (χ0) is 19.2. The molecular formula is C21H43N3O2. The molecule has 0 bridgehead atoms. The van der Waals surface area contributed by atoms with Gasteiger partial charge in [0.2, 0.25) is 0 Å². The Hall–Kier alpha value is -0.200. The third-order valence-corrected chi connectivity index (χ3v) is 5.94. The van der Waals surface area contributed by atoms with Crippen molar-refractivity contribution in [1.82, 2.24) is 14.7 Å². The molecular weight excluding hydrogens is 326 g/mol. The van der Waals surface area contributed by atoms with Gasteiger partial charge in [-0.3, -0.25) is 14.7 Å². The van der Waals surface area contributed by atoms with Gasteiger partial charge in [-0.2, -0.15) is 0 Å². The Bertz CT molecular complexity index is 383. The molecule has 0 saturated carbocycles. The first kappa shape index (κ1) is 22.1. The van der Waals surface area contributed by atoms with Crippen LogP contribution in [0.15, 0.2) is 0 Å². The lowest BCUT2D eigenvalue weighted by molar-refractivity contribution is -0.00891. The predicted molar refractivity (Wildman–Crippen MR) is 109 cm³/mol. The summed E-state index contributed by atoms with van der Waals surface area (Å²) in [7, 11) is 0. The maximum atomic E-state index is 5.41. The van der Waals surface area contributed by atoms with E-state index in [1.165, 1.54) is 25.9 Å². The van der Waals surface area contributed by atoms with Gasteiger partial charge < -0.3 is 9.47 Å². The highest BCUT2D eigenvalue weighted by atomic mass is 16.5. The van der Waals surface area contributed by atoms with Gasteiger partial charge in [0.15, 0.2) is 0 Å². The Morgan fingerprint density at radius 3 is 1.35 bits per heavy atom. The molecule has 5 heteroatoms. The third kappa shape index (κ3) is 7.08. The van der Waals surface area contributed by atoms with Crippen LogP contribution in [-0.2, 0) is 9.47 Å². The summed E-state index contributed by atoms with van der Waals surface area (Å²) >= 11 is 0. The molecule has 5 nitrogen and oxygen atoms in total. The minimum Gasteiger partial charge on any atom is -0.379 e. The Morgan fingerprint density at radius 1 is 0.577 bits per heavy atom. The van der Waals surface area contributed by atoms with Crippen molar-refractivity contribution < 1.29 is 9.47 Å². The van der Waals surface area contributed by atoms with Gasteiger partial charge >= 0.3 is 0 Å². The molecule has 0 unspecified atom stereocenters. The number of hydrogen-bond acceptors (Lipinski definition) is 5. The molecule has 0 radical (unpaired) electrons. The molecule has 3 heterocycles. The van der Waals surface area contributed by atoms with E-state index < -0.39 is 0 Å². The van der Waals surface area contributed by atoms with Gasteiger partial charge in [0.05, 0.1) is 26.4 Å². The fourth-order valence-electron chi connectivity index (χ4n) is 4.08. The van der Waals surface area contributed by atoms with E-state index in [0.717, 1.165) is 58.6 Å². The van der Waals surface area contributed by atoms with Crippen LogP contribution < -0.4 is 0 Å². The van der Waals surface area contributed by atoms with E-state index in [9.17, 15) is 0 Å². The van der Waals surface area contributed by atoms with E-state index in [0.29, 0.717) is 11.1 Å². The lowest BCUT2D eigenvalue weighted by Gasteiger charge is -2.44. The average Bonchev–Trinajstić information content (AvgIpc) is 2.62. The smallest absolute Gasteiger partial charge is 0.0594 e. The number of piperidine rings is 1. The van der Waals surface area contributed by atoms with Gasteiger partial charge in [0.25, 0.3) is 0 Å². The quantitative estimate of drug-likeness (QED) is 0.709. The summed E-state index contributed by atoms with van der Waals surface area (Å²) < 4.78 is 10.7. The zero-order valence-electron chi connectivity index (χ0n) is 18.2. The summed E-state index contributed by atoms with van der Waals surface area (Å²) in [6.45, 7) is 24.3. The molecule has 3 aliphatic rings. The summed E-state index contributed by atoms with van der Waals surface area (Å²) in [5.41, 5.74) is 0.666. The van der Waals surface area contributed by atoms with Gasteiger partial charge in [-0.05, 0) is 54.4 Å². The summed E-state index contributed by atoms with van der Waals surface area (Å²) in [5, 5.41) is 0. The van der Waals surface area contributed by atoms with Gasteiger partial charge in [-0.15, -0.1) is 0 Å². The topological polar surface area (TPSA) is 28.2 Å². The van der Waals surface area contributed by atoms with Crippen LogP contribution in [-0.4, -0.2) is 97.5 Å². The number of hydrogen-bond donors (Lipinski definition) is 0. The number of rotatable bonds is 1. The minimum absolute atomic E-state index is 0.323. The second-order valence-electron chi connectivity index (χ2n) is 9.81. The van der Waals surface area contributed by atoms with Crippen molar-refractivity contribution >= 4 is 0 Å². The lowest BCUT2D eigenvalue weighted by atomic mass is 9.97. The predicted octanol–water partition coefficient (Wildman–Crippen LogP) is 2.70. The number of nitrogens with zero attached hydrogens (tertiary/aromatic N) is 3. The van der Waals surface area contributed by atoms with Crippen molar-refractivity contribution in [3.63, 3.8) is 0 Å². The van der Waals surface area contributed by atoms with Crippen LogP contribution in [0.25, 0.3) is 0 Å². The maximum absolute atomic E-state index is 5.41. The molecule has 0 amide bonds. The minimum atomic E-state index is 0.323. The van der Waals surface area contributed by atoms with Crippen molar-refractivity contribution in [2.45, 2.75) is 71.5 Å². The summed E-state index contributed by atoms with van der Waals surface area (Å²) in [5.74, 6) is 0. The van der Waals surface area contributed by atoms with Crippen LogP contribution in [0, 0.1) is 0 Å². The number of ether oxygens (including phenoxy) is 2. The highest BCUT2D eigenvalue weighted by molar-refractivity contribution is 4.86. The van der Waals surface area contributed by atoms with Crippen LogP contribution in [0.4, 0.5) is 0 Å². The summed E-state index contributed by atoms with van der Waals surface area (Å²) in [4.78, 5) is 7.70. The van der Waals surface area contributed by atoms with Gasteiger partial charge in [0, 0.05) is 56.4 Å². The highest BCUT2D eigenvalue weighted by Gasteiger charge is 2.30. The Morgan fingerprint density at radius 2 is 0.962 bits per heavy atom. The Kier molecular flexibility index (Phi) is 8.35. The third-order valence-electron chi connectivity index (χ3n) is 5.94. The van der Waals surface area contributed by atoms with E-state index in [2.05, 4.69) is 56.2 Å². The highest BCUT2D eigenvalue weighted by Crippen LogP contribution is 2.23. The fourth-order valence-corrected chi connectivity index (χ4v) is 4.08. The first-order valence-electron chi connectivity index (χ1n) is 10.6. The molecule has 3 aliphatic heterocycles. The van der Waals surface area contributed by atoms with Crippen molar-refractivity contribution in [2.24, 2.45) is 0 Å². The molecule has 26 heavy (non-hydrogen) atoms. The van der Waals surface area contributed by atoms with Gasteiger partial charge in [-0.1, -0.05) is 0 Å². The van der Waals surface area contributed by atoms with Crippen LogP contribution in [0.3, 0.4) is 0 Å². The average molecular weight is 370 g/mol. The lowest BCUT2D eigenvalue weighted by Crippen LogP contribution is -2.52. The molecule has 3 saturated heterocycles.